The molecule has 1 atom stereocenters. The molecule has 0 saturated heterocycles. The van der Waals surface area contributed by atoms with E-state index in [2.05, 4.69) is 29.6 Å². The van der Waals surface area contributed by atoms with Crippen LogP contribution in [0.5, 0.6) is 0 Å². The van der Waals surface area contributed by atoms with E-state index in [-0.39, 0.29) is 17.9 Å². The van der Waals surface area contributed by atoms with Gasteiger partial charge < -0.3 is 15.2 Å². The summed E-state index contributed by atoms with van der Waals surface area (Å²) in [7, 11) is 0. The van der Waals surface area contributed by atoms with Crippen LogP contribution in [-0.2, 0) is 9.53 Å². The molecular formula is C25H27NO4. The van der Waals surface area contributed by atoms with Crippen molar-refractivity contribution in [3.05, 3.63) is 59.7 Å². The lowest BCUT2D eigenvalue weighted by atomic mass is 9.57. The van der Waals surface area contributed by atoms with E-state index >= 15 is 0 Å². The molecule has 5 nitrogen and oxygen atoms in total. The number of alkyl carbamates (subject to hydrolysis) is 1. The van der Waals surface area contributed by atoms with Crippen molar-refractivity contribution in [2.75, 3.05) is 6.61 Å². The van der Waals surface area contributed by atoms with Crippen LogP contribution in [0.2, 0.25) is 0 Å². The summed E-state index contributed by atoms with van der Waals surface area (Å²) in [5, 5.41) is 12.6. The Morgan fingerprint density at radius 1 is 0.967 bits per heavy atom. The van der Waals surface area contributed by atoms with Crippen LogP contribution in [0.4, 0.5) is 4.79 Å². The Labute approximate surface area is 176 Å². The predicted molar refractivity (Wildman–Crippen MR) is 113 cm³/mol. The molecule has 2 N–H and O–H groups in total. The molecular weight excluding hydrogens is 378 g/mol. The first-order valence-electron chi connectivity index (χ1n) is 10.9. The predicted octanol–water partition coefficient (Wildman–Crippen LogP) is 4.95. The van der Waals surface area contributed by atoms with Gasteiger partial charge in [0.25, 0.3) is 0 Å². The average Bonchev–Trinajstić information content (AvgIpc) is 3.11. The molecule has 5 heteroatoms. The molecule has 2 aromatic carbocycles. The van der Waals surface area contributed by atoms with Crippen molar-refractivity contribution in [3.63, 3.8) is 0 Å². The van der Waals surface area contributed by atoms with Gasteiger partial charge in [0.1, 0.15) is 12.6 Å². The number of benzene rings is 2. The van der Waals surface area contributed by atoms with Crippen LogP contribution in [-0.4, -0.2) is 29.8 Å². The molecule has 30 heavy (non-hydrogen) atoms. The zero-order valence-corrected chi connectivity index (χ0v) is 17.0. The van der Waals surface area contributed by atoms with Crippen molar-refractivity contribution < 1.29 is 19.4 Å². The molecule has 1 unspecified atom stereocenters. The highest BCUT2D eigenvalue weighted by molar-refractivity contribution is 5.81. The molecule has 3 fully saturated rings. The number of carboxylic acids is 1. The molecule has 6 rings (SSSR count). The lowest BCUT2D eigenvalue weighted by molar-refractivity contribution is -0.146. The highest BCUT2D eigenvalue weighted by Crippen LogP contribution is 2.52. The van der Waals surface area contributed by atoms with Gasteiger partial charge in [-0.1, -0.05) is 48.5 Å². The van der Waals surface area contributed by atoms with Crippen molar-refractivity contribution in [2.45, 2.75) is 50.5 Å². The smallest absolute Gasteiger partial charge is 0.407 e. The van der Waals surface area contributed by atoms with Gasteiger partial charge in [-0.15, -0.1) is 0 Å². The van der Waals surface area contributed by atoms with E-state index in [9.17, 15) is 14.7 Å². The minimum absolute atomic E-state index is 0.0327. The van der Waals surface area contributed by atoms with Gasteiger partial charge in [-0.05, 0) is 66.7 Å². The molecule has 1 amide bonds. The summed E-state index contributed by atoms with van der Waals surface area (Å²) in [6.07, 6.45) is 5.18. The van der Waals surface area contributed by atoms with Crippen LogP contribution >= 0.6 is 0 Å². The van der Waals surface area contributed by atoms with E-state index in [1.165, 1.54) is 11.1 Å². The van der Waals surface area contributed by atoms with E-state index in [1.807, 2.05) is 24.3 Å². The molecule has 0 aromatic heterocycles. The first-order valence-corrected chi connectivity index (χ1v) is 10.9. The topological polar surface area (TPSA) is 75.6 Å². The van der Waals surface area contributed by atoms with Crippen molar-refractivity contribution >= 4 is 12.1 Å². The monoisotopic (exact) mass is 405 g/mol. The highest BCUT2D eigenvalue weighted by Gasteiger charge is 2.49. The summed E-state index contributed by atoms with van der Waals surface area (Å²) in [4.78, 5) is 24.7. The SMILES string of the molecule is O=C(NC(C(=O)O)C12CCC(CC1)CC2)OCC1c2ccccc2-c2ccccc21. The Kier molecular flexibility index (Phi) is 4.76. The van der Waals surface area contributed by atoms with Gasteiger partial charge >= 0.3 is 12.1 Å². The third-order valence-electron chi connectivity index (χ3n) is 7.62. The van der Waals surface area contributed by atoms with E-state index in [0.717, 1.165) is 55.6 Å². The second-order valence-corrected chi connectivity index (χ2v) is 9.09. The molecule has 0 radical (unpaired) electrons. The van der Waals surface area contributed by atoms with Crippen LogP contribution < -0.4 is 5.32 Å². The minimum atomic E-state index is -0.955. The Balaban J connectivity index is 1.30. The number of ether oxygens (including phenoxy) is 1. The Bertz CT molecular complexity index is 917. The quantitative estimate of drug-likeness (QED) is 0.738. The van der Waals surface area contributed by atoms with E-state index < -0.39 is 18.1 Å². The number of carboxylic acid groups (broad SMARTS) is 1. The molecule has 0 spiro atoms. The largest absolute Gasteiger partial charge is 0.480 e. The van der Waals surface area contributed by atoms with Gasteiger partial charge in [0.15, 0.2) is 0 Å². The highest BCUT2D eigenvalue weighted by atomic mass is 16.5. The summed E-state index contributed by atoms with van der Waals surface area (Å²) in [5.74, 6) is -0.255. The number of carbonyl (C=O) groups is 2. The van der Waals surface area contributed by atoms with Crippen molar-refractivity contribution in [1.29, 1.82) is 0 Å². The lowest BCUT2D eigenvalue weighted by Crippen LogP contribution is -2.55. The zero-order valence-electron chi connectivity index (χ0n) is 17.0. The van der Waals surface area contributed by atoms with Gasteiger partial charge in [0.05, 0.1) is 0 Å². The normalized spacial score (nSPS) is 25.3. The summed E-state index contributed by atoms with van der Waals surface area (Å²) in [5.41, 5.74) is 4.30. The van der Waals surface area contributed by atoms with Gasteiger partial charge in [-0.3, -0.25) is 0 Å². The molecule has 2 aromatic rings. The fourth-order valence-corrected chi connectivity index (χ4v) is 5.95. The lowest BCUT2D eigenvalue weighted by Gasteiger charge is -2.49. The van der Waals surface area contributed by atoms with Crippen molar-refractivity contribution in [1.82, 2.24) is 5.32 Å². The van der Waals surface area contributed by atoms with Gasteiger partial charge in [-0.25, -0.2) is 9.59 Å². The van der Waals surface area contributed by atoms with E-state index in [0.29, 0.717) is 0 Å². The molecule has 4 aliphatic carbocycles. The Morgan fingerprint density at radius 2 is 1.50 bits per heavy atom. The van der Waals surface area contributed by atoms with Crippen LogP contribution in [0.15, 0.2) is 48.5 Å². The first kappa shape index (κ1) is 19.2. The third-order valence-corrected chi connectivity index (χ3v) is 7.62. The van der Waals surface area contributed by atoms with Gasteiger partial charge in [-0.2, -0.15) is 0 Å². The van der Waals surface area contributed by atoms with Crippen molar-refractivity contribution in [2.24, 2.45) is 11.3 Å². The number of rotatable bonds is 5. The molecule has 4 aliphatic rings. The summed E-state index contributed by atoms with van der Waals surface area (Å²) >= 11 is 0. The van der Waals surface area contributed by atoms with Crippen LogP contribution in [0.1, 0.15) is 55.6 Å². The second-order valence-electron chi connectivity index (χ2n) is 9.09. The number of nitrogens with one attached hydrogen (secondary N) is 1. The number of fused-ring (bicyclic) bond motifs is 6. The van der Waals surface area contributed by atoms with Gasteiger partial charge in [0.2, 0.25) is 0 Å². The van der Waals surface area contributed by atoms with E-state index in [4.69, 9.17) is 4.74 Å². The third kappa shape index (κ3) is 3.17. The van der Waals surface area contributed by atoms with Crippen LogP contribution in [0, 0.1) is 11.3 Å². The average molecular weight is 405 g/mol. The minimum Gasteiger partial charge on any atom is -0.480 e. The number of aliphatic carboxylic acids is 1. The molecule has 2 bridgehead atoms. The molecule has 156 valence electrons. The fraction of sp³-hybridized carbons (Fsp3) is 0.440. The maximum absolute atomic E-state index is 12.7. The maximum Gasteiger partial charge on any atom is 0.407 e. The summed E-state index contributed by atoms with van der Waals surface area (Å²) in [6.45, 7) is 0.196. The first-order chi connectivity index (χ1) is 14.6. The maximum atomic E-state index is 12.7. The standard InChI is InChI=1S/C25H27NO4/c27-23(28)22(25-12-9-16(10-13-25)11-14-25)26-24(29)30-15-21-19-7-3-1-5-17(19)18-6-2-4-8-20(18)21/h1-8,16,21-22H,9-15H2,(H,26,29)(H,27,28). The Hall–Kier alpha value is -2.82. The number of amides is 1. The number of hydrogen-bond donors (Lipinski definition) is 2. The van der Waals surface area contributed by atoms with E-state index in [1.54, 1.807) is 0 Å². The summed E-state index contributed by atoms with van der Waals surface area (Å²) in [6, 6.07) is 15.5. The van der Waals surface area contributed by atoms with Crippen LogP contribution in [0.3, 0.4) is 0 Å². The zero-order chi connectivity index (χ0) is 20.7. The second kappa shape index (κ2) is 7.46. The summed E-state index contributed by atoms with van der Waals surface area (Å²) < 4.78 is 5.60. The van der Waals surface area contributed by atoms with Gasteiger partial charge in [0, 0.05) is 11.3 Å². The Morgan fingerprint density at radius 3 is 2.03 bits per heavy atom. The molecule has 0 aliphatic heterocycles. The van der Waals surface area contributed by atoms with Crippen LogP contribution in [0.25, 0.3) is 11.1 Å². The fourth-order valence-electron chi connectivity index (χ4n) is 5.95. The number of carbonyl (C=O) groups excluding carboxylic acids is 1. The molecule has 0 heterocycles. The number of hydrogen-bond acceptors (Lipinski definition) is 3. The molecule has 3 saturated carbocycles. The van der Waals surface area contributed by atoms with Crippen molar-refractivity contribution in [3.8, 4) is 11.1 Å².